The molecular formula is C10H14S. The zero-order valence-electron chi connectivity index (χ0n) is 7.13. The second kappa shape index (κ2) is 4.45. The van der Waals surface area contributed by atoms with Gasteiger partial charge < -0.3 is 0 Å². The van der Waals surface area contributed by atoms with E-state index in [1.165, 1.54) is 22.6 Å². The molecule has 11 heavy (non-hydrogen) atoms. The molecular weight excluding hydrogens is 152 g/mol. The lowest BCUT2D eigenvalue weighted by atomic mass is 10.2. The van der Waals surface area contributed by atoms with E-state index < -0.39 is 0 Å². The summed E-state index contributed by atoms with van der Waals surface area (Å²) in [4.78, 5) is 1.40. The fraction of sp³-hybridized carbons (Fsp3) is 0.400. The van der Waals surface area contributed by atoms with Gasteiger partial charge in [0.25, 0.3) is 0 Å². The Labute approximate surface area is 73.0 Å². The van der Waals surface area contributed by atoms with Crippen LogP contribution in [0.15, 0.2) is 29.2 Å². The summed E-state index contributed by atoms with van der Waals surface area (Å²) in [7, 11) is 0. The van der Waals surface area contributed by atoms with Crippen molar-refractivity contribution in [3.05, 3.63) is 29.8 Å². The van der Waals surface area contributed by atoms with Crippen LogP contribution >= 0.6 is 11.8 Å². The fourth-order valence-electron chi connectivity index (χ4n) is 0.925. The summed E-state index contributed by atoms with van der Waals surface area (Å²) in [5.74, 6) is 1.23. The van der Waals surface area contributed by atoms with Crippen LogP contribution in [-0.4, -0.2) is 5.75 Å². The molecule has 60 valence electrons. The zero-order chi connectivity index (χ0) is 8.10. The predicted molar refractivity (Wildman–Crippen MR) is 52.2 cm³/mol. The van der Waals surface area contributed by atoms with Crippen molar-refractivity contribution in [2.45, 2.75) is 25.2 Å². The Hall–Kier alpha value is -0.430. The Morgan fingerprint density at radius 1 is 1.36 bits per heavy atom. The van der Waals surface area contributed by atoms with Crippen molar-refractivity contribution in [3.8, 4) is 0 Å². The van der Waals surface area contributed by atoms with Crippen LogP contribution < -0.4 is 0 Å². The quantitative estimate of drug-likeness (QED) is 0.619. The summed E-state index contributed by atoms with van der Waals surface area (Å²) in [6, 6.07) is 8.66. The third-order valence-electron chi connectivity index (χ3n) is 1.46. The van der Waals surface area contributed by atoms with E-state index in [2.05, 4.69) is 38.1 Å². The molecule has 1 aromatic carbocycles. The van der Waals surface area contributed by atoms with Gasteiger partial charge in [-0.05, 0) is 31.2 Å². The van der Waals surface area contributed by atoms with Crippen molar-refractivity contribution >= 4 is 11.8 Å². The SMILES string of the molecule is CCCSc1cccc(C)c1. The van der Waals surface area contributed by atoms with Crippen molar-refractivity contribution in [1.82, 2.24) is 0 Å². The third kappa shape index (κ3) is 2.98. The standard InChI is InChI=1S/C10H14S/c1-3-7-11-10-6-4-5-9(2)8-10/h4-6,8H,3,7H2,1-2H3. The minimum Gasteiger partial charge on any atom is -0.126 e. The van der Waals surface area contributed by atoms with E-state index >= 15 is 0 Å². The summed E-state index contributed by atoms with van der Waals surface area (Å²) in [6.07, 6.45) is 1.25. The Balaban J connectivity index is 2.56. The lowest BCUT2D eigenvalue weighted by molar-refractivity contribution is 1.10. The summed E-state index contributed by atoms with van der Waals surface area (Å²) in [6.45, 7) is 4.35. The first-order valence-electron chi connectivity index (χ1n) is 4.02. The van der Waals surface area contributed by atoms with Crippen molar-refractivity contribution in [2.75, 3.05) is 5.75 Å². The predicted octanol–water partition coefficient (Wildman–Crippen LogP) is 3.50. The molecule has 0 atom stereocenters. The number of benzene rings is 1. The molecule has 0 saturated heterocycles. The zero-order valence-corrected chi connectivity index (χ0v) is 7.95. The molecule has 1 rings (SSSR count). The minimum atomic E-state index is 1.23. The molecule has 0 nitrogen and oxygen atoms in total. The Kier molecular flexibility index (Phi) is 3.50. The summed E-state index contributed by atoms with van der Waals surface area (Å²) in [5.41, 5.74) is 1.35. The number of aryl methyl sites for hydroxylation is 1. The molecule has 0 fully saturated rings. The van der Waals surface area contributed by atoms with E-state index in [9.17, 15) is 0 Å². The lowest BCUT2D eigenvalue weighted by Gasteiger charge is -1.99. The van der Waals surface area contributed by atoms with Crippen LogP contribution in [0.1, 0.15) is 18.9 Å². The molecule has 0 unspecified atom stereocenters. The second-order valence-electron chi connectivity index (χ2n) is 2.66. The first-order valence-corrected chi connectivity index (χ1v) is 5.01. The van der Waals surface area contributed by atoms with Gasteiger partial charge in [-0.15, -0.1) is 11.8 Å². The highest BCUT2D eigenvalue weighted by molar-refractivity contribution is 7.99. The van der Waals surface area contributed by atoms with E-state index in [0.717, 1.165) is 0 Å². The smallest absolute Gasteiger partial charge is 0.00745 e. The maximum absolute atomic E-state index is 2.24. The average Bonchev–Trinajstić information content (AvgIpc) is 2.01. The highest BCUT2D eigenvalue weighted by Gasteiger charge is 1.91. The van der Waals surface area contributed by atoms with Gasteiger partial charge in [-0.3, -0.25) is 0 Å². The molecule has 0 aromatic heterocycles. The molecule has 0 aliphatic carbocycles. The van der Waals surface area contributed by atoms with Gasteiger partial charge in [0.1, 0.15) is 0 Å². The maximum atomic E-state index is 2.24. The topological polar surface area (TPSA) is 0 Å². The number of rotatable bonds is 3. The molecule has 0 amide bonds. The van der Waals surface area contributed by atoms with E-state index in [0.29, 0.717) is 0 Å². The van der Waals surface area contributed by atoms with Crippen LogP contribution in [0.4, 0.5) is 0 Å². The van der Waals surface area contributed by atoms with Crippen LogP contribution in [0.2, 0.25) is 0 Å². The van der Waals surface area contributed by atoms with E-state index in [-0.39, 0.29) is 0 Å². The van der Waals surface area contributed by atoms with Crippen LogP contribution in [0.25, 0.3) is 0 Å². The van der Waals surface area contributed by atoms with Crippen molar-refractivity contribution < 1.29 is 0 Å². The molecule has 0 spiro atoms. The van der Waals surface area contributed by atoms with E-state index in [1.54, 1.807) is 0 Å². The number of hydrogen-bond donors (Lipinski definition) is 0. The third-order valence-corrected chi connectivity index (χ3v) is 2.66. The molecule has 0 radical (unpaired) electrons. The van der Waals surface area contributed by atoms with Gasteiger partial charge in [0.15, 0.2) is 0 Å². The van der Waals surface area contributed by atoms with Gasteiger partial charge >= 0.3 is 0 Å². The Morgan fingerprint density at radius 2 is 2.18 bits per heavy atom. The van der Waals surface area contributed by atoms with Gasteiger partial charge in [0.2, 0.25) is 0 Å². The Morgan fingerprint density at radius 3 is 2.82 bits per heavy atom. The van der Waals surface area contributed by atoms with Crippen molar-refractivity contribution in [1.29, 1.82) is 0 Å². The molecule has 0 saturated carbocycles. The molecule has 0 aliphatic rings. The van der Waals surface area contributed by atoms with Crippen molar-refractivity contribution in [2.24, 2.45) is 0 Å². The normalized spacial score (nSPS) is 10.0. The largest absolute Gasteiger partial charge is 0.126 e. The maximum Gasteiger partial charge on any atom is 0.00745 e. The van der Waals surface area contributed by atoms with Crippen LogP contribution in [0.5, 0.6) is 0 Å². The molecule has 1 aromatic rings. The van der Waals surface area contributed by atoms with E-state index in [1.807, 2.05) is 11.8 Å². The first-order chi connectivity index (χ1) is 5.33. The average molecular weight is 166 g/mol. The van der Waals surface area contributed by atoms with Crippen LogP contribution in [0, 0.1) is 6.92 Å². The summed E-state index contributed by atoms with van der Waals surface area (Å²) >= 11 is 1.93. The lowest BCUT2D eigenvalue weighted by Crippen LogP contribution is -1.76. The molecule has 0 aliphatic heterocycles. The highest BCUT2D eigenvalue weighted by Crippen LogP contribution is 2.19. The van der Waals surface area contributed by atoms with Crippen LogP contribution in [-0.2, 0) is 0 Å². The van der Waals surface area contributed by atoms with Crippen LogP contribution in [0.3, 0.4) is 0 Å². The van der Waals surface area contributed by atoms with Gasteiger partial charge in [0.05, 0.1) is 0 Å². The highest BCUT2D eigenvalue weighted by atomic mass is 32.2. The molecule has 1 heteroatoms. The van der Waals surface area contributed by atoms with Gasteiger partial charge in [-0.1, -0.05) is 24.6 Å². The van der Waals surface area contributed by atoms with Crippen molar-refractivity contribution in [3.63, 3.8) is 0 Å². The minimum absolute atomic E-state index is 1.23. The fourth-order valence-corrected chi connectivity index (χ4v) is 1.81. The molecule has 0 N–H and O–H groups in total. The molecule has 0 heterocycles. The molecule has 0 bridgehead atoms. The van der Waals surface area contributed by atoms with Gasteiger partial charge in [-0.25, -0.2) is 0 Å². The second-order valence-corrected chi connectivity index (χ2v) is 3.83. The van der Waals surface area contributed by atoms with Gasteiger partial charge in [0, 0.05) is 4.90 Å². The summed E-state index contributed by atoms with van der Waals surface area (Å²) < 4.78 is 0. The van der Waals surface area contributed by atoms with E-state index in [4.69, 9.17) is 0 Å². The monoisotopic (exact) mass is 166 g/mol. The number of hydrogen-bond acceptors (Lipinski definition) is 1. The summed E-state index contributed by atoms with van der Waals surface area (Å²) in [5, 5.41) is 0. The van der Waals surface area contributed by atoms with Gasteiger partial charge in [-0.2, -0.15) is 0 Å². The number of thioether (sulfide) groups is 1. The first kappa shape index (κ1) is 8.66. The Bertz CT molecular complexity index is 218.